The van der Waals surface area contributed by atoms with Gasteiger partial charge in [-0.25, -0.2) is 4.79 Å². The Balaban J connectivity index is 1.75. The summed E-state index contributed by atoms with van der Waals surface area (Å²) in [5, 5.41) is 2.59. The van der Waals surface area contributed by atoms with Gasteiger partial charge >= 0.3 is 5.97 Å². The quantitative estimate of drug-likeness (QED) is 0.756. The van der Waals surface area contributed by atoms with Gasteiger partial charge in [0, 0.05) is 25.3 Å². The van der Waals surface area contributed by atoms with E-state index in [1.807, 2.05) is 19.1 Å². The van der Waals surface area contributed by atoms with Crippen molar-refractivity contribution in [1.29, 1.82) is 0 Å². The molecule has 0 aromatic heterocycles. The summed E-state index contributed by atoms with van der Waals surface area (Å²) in [5.74, 6) is -0.691. The highest BCUT2D eigenvalue weighted by atomic mass is 16.6. The van der Waals surface area contributed by atoms with E-state index in [1.165, 1.54) is 4.90 Å². The van der Waals surface area contributed by atoms with E-state index in [2.05, 4.69) is 5.32 Å². The first-order valence-electron chi connectivity index (χ1n) is 8.32. The summed E-state index contributed by atoms with van der Waals surface area (Å²) in [4.78, 5) is 36.8. The number of rotatable bonds is 7. The van der Waals surface area contributed by atoms with Gasteiger partial charge in [0.1, 0.15) is 5.75 Å². The summed E-state index contributed by atoms with van der Waals surface area (Å²) < 4.78 is 10.2. The van der Waals surface area contributed by atoms with Gasteiger partial charge in [-0.15, -0.1) is 0 Å². The van der Waals surface area contributed by atoms with Crippen molar-refractivity contribution in [3.8, 4) is 5.75 Å². The number of hydrogen-bond acceptors (Lipinski definition) is 5. The Morgan fingerprint density at radius 1 is 1.00 bits per heavy atom. The minimum Gasteiger partial charge on any atom is -0.482 e. The summed E-state index contributed by atoms with van der Waals surface area (Å²) in [7, 11) is 3.32. The third-order valence-corrected chi connectivity index (χ3v) is 3.53. The van der Waals surface area contributed by atoms with Gasteiger partial charge in [0.15, 0.2) is 13.2 Å². The zero-order valence-electron chi connectivity index (χ0n) is 15.5. The normalized spacial score (nSPS) is 10.0. The number of amides is 2. The number of nitrogens with zero attached hydrogens (tertiary/aromatic N) is 1. The van der Waals surface area contributed by atoms with Gasteiger partial charge in [0.2, 0.25) is 0 Å². The lowest BCUT2D eigenvalue weighted by Crippen LogP contribution is -2.24. The van der Waals surface area contributed by atoms with Gasteiger partial charge in [0.25, 0.3) is 11.8 Å². The molecule has 0 fully saturated rings. The van der Waals surface area contributed by atoms with Crippen LogP contribution in [0.1, 0.15) is 15.9 Å². The molecule has 2 rings (SSSR count). The molecule has 0 unspecified atom stereocenters. The molecular weight excluding hydrogens is 348 g/mol. The molecule has 0 spiro atoms. The first-order chi connectivity index (χ1) is 12.8. The molecule has 0 aliphatic rings. The van der Waals surface area contributed by atoms with Crippen molar-refractivity contribution in [2.75, 3.05) is 32.6 Å². The van der Waals surface area contributed by atoms with Crippen molar-refractivity contribution >= 4 is 23.5 Å². The van der Waals surface area contributed by atoms with Crippen LogP contribution in [0, 0.1) is 6.92 Å². The Kier molecular flexibility index (Phi) is 6.93. The van der Waals surface area contributed by atoms with E-state index in [1.54, 1.807) is 50.5 Å². The molecule has 0 radical (unpaired) electrons. The van der Waals surface area contributed by atoms with Crippen LogP contribution >= 0.6 is 0 Å². The molecule has 7 nitrogen and oxygen atoms in total. The van der Waals surface area contributed by atoms with Crippen LogP contribution in [0.2, 0.25) is 0 Å². The van der Waals surface area contributed by atoms with E-state index in [0.29, 0.717) is 17.0 Å². The molecule has 0 aliphatic carbocycles. The lowest BCUT2D eigenvalue weighted by molar-refractivity contribution is -0.149. The van der Waals surface area contributed by atoms with Crippen LogP contribution < -0.4 is 10.1 Å². The summed E-state index contributed by atoms with van der Waals surface area (Å²) in [6.45, 7) is 1.21. The largest absolute Gasteiger partial charge is 0.482 e. The van der Waals surface area contributed by atoms with Crippen LogP contribution in [-0.4, -0.2) is 50.0 Å². The zero-order valence-corrected chi connectivity index (χ0v) is 15.5. The highest BCUT2D eigenvalue weighted by molar-refractivity contribution is 5.96. The fraction of sp³-hybridized carbons (Fsp3) is 0.250. The standard InChI is InChI=1S/C20H22N2O5/c1-14-5-4-6-17(11-14)26-13-19(24)27-12-18(23)21-16-9-7-15(8-10-16)20(25)22(2)3/h4-11H,12-13H2,1-3H3,(H,21,23). The summed E-state index contributed by atoms with van der Waals surface area (Å²) in [6, 6.07) is 13.7. The Labute approximate surface area is 157 Å². The van der Waals surface area contributed by atoms with Crippen molar-refractivity contribution in [2.24, 2.45) is 0 Å². The maximum atomic E-state index is 11.9. The SMILES string of the molecule is Cc1cccc(OCC(=O)OCC(=O)Nc2ccc(C(=O)N(C)C)cc2)c1. The second kappa shape index (κ2) is 9.38. The number of ether oxygens (including phenoxy) is 2. The molecule has 0 heterocycles. The minimum absolute atomic E-state index is 0.129. The zero-order chi connectivity index (χ0) is 19.8. The molecule has 1 N–H and O–H groups in total. The molecule has 142 valence electrons. The van der Waals surface area contributed by atoms with Gasteiger partial charge < -0.3 is 19.7 Å². The van der Waals surface area contributed by atoms with Gasteiger partial charge in [-0.05, 0) is 48.9 Å². The van der Waals surface area contributed by atoms with Gasteiger partial charge in [-0.3, -0.25) is 9.59 Å². The van der Waals surface area contributed by atoms with Gasteiger partial charge in [-0.2, -0.15) is 0 Å². The number of nitrogens with one attached hydrogen (secondary N) is 1. The number of carbonyl (C=O) groups excluding carboxylic acids is 3. The predicted molar refractivity (Wildman–Crippen MR) is 101 cm³/mol. The smallest absolute Gasteiger partial charge is 0.344 e. The molecule has 2 aromatic rings. The van der Waals surface area contributed by atoms with E-state index in [0.717, 1.165) is 5.56 Å². The topological polar surface area (TPSA) is 84.9 Å². The van der Waals surface area contributed by atoms with Crippen LogP contribution in [-0.2, 0) is 14.3 Å². The molecule has 27 heavy (non-hydrogen) atoms. The highest BCUT2D eigenvalue weighted by Crippen LogP contribution is 2.12. The molecule has 2 aromatic carbocycles. The number of hydrogen-bond donors (Lipinski definition) is 1. The van der Waals surface area contributed by atoms with Crippen molar-refractivity contribution in [2.45, 2.75) is 6.92 Å². The van der Waals surface area contributed by atoms with Crippen molar-refractivity contribution < 1.29 is 23.9 Å². The van der Waals surface area contributed by atoms with Crippen molar-refractivity contribution in [1.82, 2.24) is 4.90 Å². The minimum atomic E-state index is -0.640. The maximum Gasteiger partial charge on any atom is 0.344 e. The van der Waals surface area contributed by atoms with E-state index in [-0.39, 0.29) is 12.5 Å². The Morgan fingerprint density at radius 3 is 2.33 bits per heavy atom. The number of carbonyl (C=O) groups is 3. The van der Waals surface area contributed by atoms with E-state index in [9.17, 15) is 14.4 Å². The average molecular weight is 370 g/mol. The summed E-state index contributed by atoms with van der Waals surface area (Å²) in [5.41, 5.74) is 2.03. The molecule has 7 heteroatoms. The molecule has 0 aliphatic heterocycles. The van der Waals surface area contributed by atoms with E-state index in [4.69, 9.17) is 9.47 Å². The van der Waals surface area contributed by atoms with Crippen LogP contribution in [0.4, 0.5) is 5.69 Å². The first kappa shape index (κ1) is 20.0. The van der Waals surface area contributed by atoms with E-state index >= 15 is 0 Å². The van der Waals surface area contributed by atoms with Crippen LogP contribution in [0.15, 0.2) is 48.5 Å². The summed E-state index contributed by atoms with van der Waals surface area (Å²) in [6.07, 6.45) is 0. The second-order valence-corrected chi connectivity index (χ2v) is 6.09. The second-order valence-electron chi connectivity index (χ2n) is 6.09. The Morgan fingerprint density at radius 2 is 1.70 bits per heavy atom. The third kappa shape index (κ3) is 6.47. The molecule has 0 atom stereocenters. The van der Waals surface area contributed by atoms with Gasteiger partial charge in [0.05, 0.1) is 0 Å². The molecule has 2 amide bonds. The van der Waals surface area contributed by atoms with Gasteiger partial charge in [-0.1, -0.05) is 12.1 Å². The number of esters is 1. The van der Waals surface area contributed by atoms with Crippen LogP contribution in [0.3, 0.4) is 0 Å². The fourth-order valence-electron chi connectivity index (χ4n) is 2.19. The monoisotopic (exact) mass is 370 g/mol. The third-order valence-electron chi connectivity index (χ3n) is 3.53. The highest BCUT2D eigenvalue weighted by Gasteiger charge is 2.10. The van der Waals surface area contributed by atoms with Crippen molar-refractivity contribution in [3.05, 3.63) is 59.7 Å². The fourth-order valence-corrected chi connectivity index (χ4v) is 2.19. The molecule has 0 saturated carbocycles. The number of aryl methyl sites for hydroxylation is 1. The Hall–Kier alpha value is -3.35. The van der Waals surface area contributed by atoms with E-state index < -0.39 is 18.5 Å². The first-order valence-corrected chi connectivity index (χ1v) is 8.32. The Bertz CT molecular complexity index is 815. The molecule has 0 saturated heterocycles. The maximum absolute atomic E-state index is 11.9. The lowest BCUT2D eigenvalue weighted by atomic mass is 10.2. The molecule has 0 bridgehead atoms. The van der Waals surface area contributed by atoms with Crippen LogP contribution in [0.5, 0.6) is 5.75 Å². The predicted octanol–water partition coefficient (Wildman–Crippen LogP) is 2.26. The molecular formula is C20H22N2O5. The summed E-state index contributed by atoms with van der Waals surface area (Å²) >= 11 is 0. The average Bonchev–Trinajstić information content (AvgIpc) is 2.64. The lowest BCUT2D eigenvalue weighted by Gasteiger charge is -2.11. The number of benzene rings is 2. The van der Waals surface area contributed by atoms with Crippen molar-refractivity contribution in [3.63, 3.8) is 0 Å². The number of anilines is 1. The van der Waals surface area contributed by atoms with Crippen LogP contribution in [0.25, 0.3) is 0 Å².